The van der Waals surface area contributed by atoms with Gasteiger partial charge < -0.3 is 21.0 Å². The Morgan fingerprint density at radius 3 is 2.77 bits per heavy atom. The molecule has 2 amide bonds. The van der Waals surface area contributed by atoms with Gasteiger partial charge in [0.05, 0.1) is 0 Å². The second-order valence-corrected chi connectivity index (χ2v) is 8.01. The van der Waals surface area contributed by atoms with Crippen molar-refractivity contribution in [3.8, 4) is 5.75 Å². The lowest BCUT2D eigenvalue weighted by Gasteiger charge is -2.48. The number of aromatic nitrogens is 2. The van der Waals surface area contributed by atoms with E-state index in [0.29, 0.717) is 11.5 Å². The van der Waals surface area contributed by atoms with E-state index in [1.54, 1.807) is 30.3 Å². The van der Waals surface area contributed by atoms with E-state index in [2.05, 4.69) is 19.8 Å². The molecule has 3 heterocycles. The number of rotatable bonds is 6. The van der Waals surface area contributed by atoms with Gasteiger partial charge >= 0.3 is 5.97 Å². The minimum atomic E-state index is -1.20. The Bertz CT molecular complexity index is 1070. The van der Waals surface area contributed by atoms with E-state index in [-0.39, 0.29) is 22.4 Å². The number of oxime groups is 1. The van der Waals surface area contributed by atoms with Crippen LogP contribution in [0.2, 0.25) is 0 Å². The number of nitrogens with two attached hydrogens (primary N) is 1. The molecule has 2 aliphatic heterocycles. The molecule has 0 spiro atoms. The van der Waals surface area contributed by atoms with Crippen molar-refractivity contribution in [1.82, 2.24) is 19.6 Å². The van der Waals surface area contributed by atoms with E-state index < -0.39 is 29.2 Å². The number of thioether (sulfide) groups is 1. The van der Waals surface area contributed by atoms with Gasteiger partial charge in [0.15, 0.2) is 10.9 Å². The molecule has 30 heavy (non-hydrogen) atoms. The standard InChI is InChI=1S/C17H14N6O5S2/c18-17-20-12(22-30-17)10(21-28-8-4-2-1-3-5-8)13(24)19-11-14(25)23-9(16(26)27)6-7-29-15(11)23/h1-6,11,15H,7H2,(H,19,24)(H,26,27)(H2,18,20,22)/b21-10-/t11?,15-/m1/s1. The van der Waals surface area contributed by atoms with Gasteiger partial charge in [0.2, 0.25) is 11.5 Å². The third-order valence-electron chi connectivity index (χ3n) is 4.21. The molecular formula is C17H14N6O5S2. The highest BCUT2D eigenvalue weighted by Gasteiger charge is 2.53. The number of carbonyl (C=O) groups excluding carboxylic acids is 2. The second-order valence-electron chi connectivity index (χ2n) is 6.08. The zero-order chi connectivity index (χ0) is 21.3. The molecule has 13 heteroatoms. The molecule has 1 fully saturated rings. The first kappa shape index (κ1) is 19.8. The van der Waals surface area contributed by atoms with Crippen molar-refractivity contribution in [1.29, 1.82) is 0 Å². The van der Waals surface area contributed by atoms with Gasteiger partial charge in [-0.1, -0.05) is 23.4 Å². The highest BCUT2D eigenvalue weighted by molar-refractivity contribution is 8.00. The first-order valence-electron chi connectivity index (χ1n) is 8.54. The Balaban J connectivity index is 1.54. The number of hydrogen-bond donors (Lipinski definition) is 3. The average molecular weight is 446 g/mol. The quantitative estimate of drug-likeness (QED) is 0.321. The molecule has 2 aliphatic rings. The lowest BCUT2D eigenvalue weighted by atomic mass is 10.0. The summed E-state index contributed by atoms with van der Waals surface area (Å²) in [6, 6.07) is 7.64. The van der Waals surface area contributed by atoms with Crippen LogP contribution < -0.4 is 15.9 Å². The molecule has 1 saturated heterocycles. The molecular weight excluding hydrogens is 432 g/mol. The second kappa shape index (κ2) is 8.12. The van der Waals surface area contributed by atoms with Crippen molar-refractivity contribution in [3.63, 3.8) is 0 Å². The Morgan fingerprint density at radius 2 is 2.10 bits per heavy atom. The van der Waals surface area contributed by atoms with Crippen LogP contribution in [0.25, 0.3) is 0 Å². The van der Waals surface area contributed by atoms with Crippen LogP contribution in [0.15, 0.2) is 47.3 Å². The zero-order valence-electron chi connectivity index (χ0n) is 15.1. The summed E-state index contributed by atoms with van der Waals surface area (Å²) in [6.45, 7) is 0. The fourth-order valence-corrected chi connectivity index (χ4v) is 4.47. The molecule has 4 rings (SSSR count). The molecule has 11 nitrogen and oxygen atoms in total. The van der Waals surface area contributed by atoms with E-state index in [1.165, 1.54) is 17.8 Å². The van der Waals surface area contributed by atoms with E-state index in [1.807, 2.05) is 0 Å². The highest BCUT2D eigenvalue weighted by atomic mass is 32.2. The Morgan fingerprint density at radius 1 is 1.33 bits per heavy atom. The molecule has 2 atom stereocenters. The lowest BCUT2D eigenvalue weighted by molar-refractivity contribution is -0.150. The van der Waals surface area contributed by atoms with Gasteiger partial charge in [-0.25, -0.2) is 4.79 Å². The van der Waals surface area contributed by atoms with Crippen molar-refractivity contribution in [2.75, 3.05) is 11.5 Å². The summed E-state index contributed by atoms with van der Waals surface area (Å²) in [4.78, 5) is 47.0. The normalized spacial score (nSPS) is 20.7. The number of fused-ring (bicyclic) bond motifs is 1. The summed E-state index contributed by atoms with van der Waals surface area (Å²) in [6.07, 6.45) is 1.46. The van der Waals surface area contributed by atoms with Crippen LogP contribution >= 0.6 is 23.3 Å². The molecule has 1 unspecified atom stereocenters. The summed E-state index contributed by atoms with van der Waals surface area (Å²) in [7, 11) is 0. The van der Waals surface area contributed by atoms with Crippen LogP contribution in [-0.4, -0.2) is 60.0 Å². The fraction of sp³-hybridized carbons (Fsp3) is 0.176. The molecule has 4 N–H and O–H groups in total. The molecule has 1 aromatic heterocycles. The fourth-order valence-electron chi connectivity index (χ4n) is 2.84. The molecule has 0 aliphatic carbocycles. The predicted molar refractivity (Wildman–Crippen MR) is 109 cm³/mol. The minimum absolute atomic E-state index is 0.0445. The SMILES string of the molecule is Nc1nc(/C(=N/Oc2ccccc2)C(=O)NC2C(=O)N3C(C(=O)O)=CCS[C@H]23)ns1. The van der Waals surface area contributed by atoms with Crippen LogP contribution in [0.1, 0.15) is 5.82 Å². The van der Waals surface area contributed by atoms with Gasteiger partial charge in [-0.3, -0.25) is 14.5 Å². The van der Waals surface area contributed by atoms with Gasteiger partial charge in [-0.05, 0) is 18.2 Å². The first-order chi connectivity index (χ1) is 14.5. The number of para-hydroxylation sites is 1. The largest absolute Gasteiger partial charge is 0.477 e. The first-order valence-corrected chi connectivity index (χ1v) is 10.4. The van der Waals surface area contributed by atoms with Crippen LogP contribution in [0, 0.1) is 0 Å². The maximum atomic E-state index is 12.9. The Kier molecular flexibility index (Phi) is 5.37. The summed E-state index contributed by atoms with van der Waals surface area (Å²) in [5, 5.41) is 15.3. The number of aliphatic carboxylic acids is 1. The highest BCUT2D eigenvalue weighted by Crippen LogP contribution is 2.37. The van der Waals surface area contributed by atoms with Crippen molar-refractivity contribution in [3.05, 3.63) is 47.9 Å². The van der Waals surface area contributed by atoms with E-state index in [4.69, 9.17) is 10.6 Å². The number of benzene rings is 1. The predicted octanol–water partition coefficient (Wildman–Crippen LogP) is 0.272. The van der Waals surface area contributed by atoms with Crippen molar-refractivity contribution >= 4 is 51.9 Å². The third kappa shape index (κ3) is 3.71. The number of hydrogen-bond acceptors (Lipinski definition) is 10. The summed E-state index contributed by atoms with van der Waals surface area (Å²) >= 11 is 2.22. The van der Waals surface area contributed by atoms with Crippen LogP contribution in [0.3, 0.4) is 0 Å². The minimum Gasteiger partial charge on any atom is -0.477 e. The summed E-state index contributed by atoms with van der Waals surface area (Å²) < 4.78 is 3.98. The number of nitrogen functional groups attached to an aromatic ring is 1. The number of β-lactam (4-membered cyclic amide) rings is 1. The van der Waals surface area contributed by atoms with Crippen LogP contribution in [-0.2, 0) is 14.4 Å². The number of amides is 2. The van der Waals surface area contributed by atoms with Gasteiger partial charge in [0.25, 0.3) is 11.8 Å². The van der Waals surface area contributed by atoms with Gasteiger partial charge in [0, 0.05) is 17.3 Å². The average Bonchev–Trinajstić information content (AvgIpc) is 3.18. The Labute approximate surface area is 177 Å². The number of anilines is 1. The smallest absolute Gasteiger partial charge is 0.352 e. The molecule has 0 saturated carbocycles. The number of carboxylic acid groups (broad SMARTS) is 1. The zero-order valence-corrected chi connectivity index (χ0v) is 16.7. The number of carboxylic acids is 1. The summed E-state index contributed by atoms with van der Waals surface area (Å²) in [5.41, 5.74) is 5.26. The summed E-state index contributed by atoms with van der Waals surface area (Å²) in [5.74, 6) is -1.71. The number of nitrogens with one attached hydrogen (secondary N) is 1. The van der Waals surface area contributed by atoms with Gasteiger partial charge in [-0.2, -0.15) is 9.36 Å². The Hall–Kier alpha value is -3.45. The number of carbonyl (C=O) groups is 3. The van der Waals surface area contributed by atoms with Crippen LogP contribution in [0.5, 0.6) is 5.75 Å². The molecule has 154 valence electrons. The topological polar surface area (TPSA) is 160 Å². The van der Waals surface area contributed by atoms with Gasteiger partial charge in [-0.15, -0.1) is 11.8 Å². The van der Waals surface area contributed by atoms with E-state index in [9.17, 15) is 19.5 Å². The van der Waals surface area contributed by atoms with Crippen LogP contribution in [0.4, 0.5) is 5.13 Å². The van der Waals surface area contributed by atoms with Crippen molar-refractivity contribution in [2.24, 2.45) is 5.16 Å². The molecule has 2 aromatic rings. The maximum absolute atomic E-state index is 12.9. The number of nitrogens with zero attached hydrogens (tertiary/aromatic N) is 4. The molecule has 0 radical (unpaired) electrons. The third-order valence-corrected chi connectivity index (χ3v) is 5.93. The van der Waals surface area contributed by atoms with Crippen molar-refractivity contribution in [2.45, 2.75) is 11.4 Å². The van der Waals surface area contributed by atoms with Gasteiger partial charge in [0.1, 0.15) is 17.1 Å². The molecule has 0 bridgehead atoms. The monoisotopic (exact) mass is 446 g/mol. The lowest BCUT2D eigenvalue weighted by Crippen LogP contribution is -2.70. The maximum Gasteiger partial charge on any atom is 0.352 e. The van der Waals surface area contributed by atoms with E-state index >= 15 is 0 Å². The molecule has 1 aromatic carbocycles. The van der Waals surface area contributed by atoms with E-state index in [0.717, 1.165) is 16.4 Å². The van der Waals surface area contributed by atoms with Crippen molar-refractivity contribution < 1.29 is 24.3 Å².